The highest BCUT2D eigenvalue weighted by Gasteiger charge is 2.19. The van der Waals surface area contributed by atoms with E-state index in [1.54, 1.807) is 0 Å². The molecule has 0 aliphatic heterocycles. The number of rotatable bonds is 26. The van der Waals surface area contributed by atoms with Crippen LogP contribution in [0, 0.1) is 0 Å². The summed E-state index contributed by atoms with van der Waals surface area (Å²) >= 11 is 0. The third-order valence-corrected chi connectivity index (χ3v) is 6.78. The van der Waals surface area contributed by atoms with E-state index in [0.717, 1.165) is 32.1 Å². The van der Waals surface area contributed by atoms with Crippen LogP contribution in [0.25, 0.3) is 0 Å². The van der Waals surface area contributed by atoms with Crippen LogP contribution in [0.2, 0.25) is 0 Å². The van der Waals surface area contributed by atoms with Gasteiger partial charge in [-0.1, -0.05) is 122 Å². The van der Waals surface area contributed by atoms with Crippen LogP contribution in [0.1, 0.15) is 155 Å². The Morgan fingerprint density at radius 1 is 0.676 bits per heavy atom. The van der Waals surface area contributed by atoms with Crippen LogP contribution < -0.4 is 5.32 Å². The summed E-state index contributed by atoms with van der Waals surface area (Å²) in [4.78, 5) is 12.1. The number of nitrogens with one attached hydrogen (secondary N) is 1. The van der Waals surface area contributed by atoms with E-state index in [1.165, 1.54) is 96.3 Å². The molecular formula is C30H59NO3. The predicted molar refractivity (Wildman–Crippen MR) is 147 cm³/mol. The highest BCUT2D eigenvalue weighted by molar-refractivity contribution is 5.76. The summed E-state index contributed by atoms with van der Waals surface area (Å²) < 4.78 is 0. The maximum absolute atomic E-state index is 12.1. The number of hydrogen-bond donors (Lipinski definition) is 3. The molecule has 0 fully saturated rings. The van der Waals surface area contributed by atoms with E-state index in [1.807, 2.05) is 0 Å². The number of amides is 1. The van der Waals surface area contributed by atoms with Crippen molar-refractivity contribution in [3.63, 3.8) is 0 Å². The summed E-state index contributed by atoms with van der Waals surface area (Å²) in [6.45, 7) is 4.23. The van der Waals surface area contributed by atoms with E-state index in [4.69, 9.17) is 0 Å². The quantitative estimate of drug-likeness (QED) is 0.0865. The van der Waals surface area contributed by atoms with Crippen molar-refractivity contribution < 1.29 is 15.0 Å². The fraction of sp³-hybridized carbons (Fsp3) is 0.900. The number of unbranched alkanes of at least 4 members (excludes halogenated alkanes) is 17. The van der Waals surface area contributed by atoms with Gasteiger partial charge >= 0.3 is 0 Å². The van der Waals surface area contributed by atoms with E-state index in [-0.39, 0.29) is 12.5 Å². The zero-order valence-electron chi connectivity index (χ0n) is 22.9. The van der Waals surface area contributed by atoms with Crippen LogP contribution in [0.5, 0.6) is 0 Å². The molecule has 0 aromatic rings. The Labute approximate surface area is 212 Å². The highest BCUT2D eigenvalue weighted by atomic mass is 16.3. The molecule has 0 aliphatic rings. The van der Waals surface area contributed by atoms with Crippen molar-refractivity contribution in [1.29, 1.82) is 0 Å². The SMILES string of the molecule is CCCCCCCCC/C=C\CCCCCCCCCC(=O)NC(CO)C(O)CCCCCC. The first-order valence-corrected chi connectivity index (χ1v) is 14.9. The average molecular weight is 482 g/mol. The predicted octanol–water partition coefficient (Wildman–Crippen LogP) is 8.00. The van der Waals surface area contributed by atoms with Gasteiger partial charge in [-0.05, 0) is 38.5 Å². The Kier molecular flexibility index (Phi) is 26.0. The van der Waals surface area contributed by atoms with Crippen molar-refractivity contribution in [2.45, 2.75) is 167 Å². The molecule has 0 heterocycles. The van der Waals surface area contributed by atoms with Gasteiger partial charge in [-0.15, -0.1) is 0 Å². The van der Waals surface area contributed by atoms with Crippen molar-refractivity contribution in [2.75, 3.05) is 6.61 Å². The molecule has 0 aromatic heterocycles. The van der Waals surface area contributed by atoms with E-state index >= 15 is 0 Å². The summed E-state index contributed by atoms with van der Waals surface area (Å²) in [7, 11) is 0. The maximum atomic E-state index is 12.1. The molecule has 1 amide bonds. The molecule has 2 atom stereocenters. The van der Waals surface area contributed by atoms with Crippen LogP contribution in [0.4, 0.5) is 0 Å². The molecular weight excluding hydrogens is 422 g/mol. The smallest absolute Gasteiger partial charge is 0.220 e. The molecule has 0 rings (SSSR count). The fourth-order valence-electron chi connectivity index (χ4n) is 4.41. The van der Waals surface area contributed by atoms with Crippen molar-refractivity contribution in [3.05, 3.63) is 12.2 Å². The van der Waals surface area contributed by atoms with Gasteiger partial charge < -0.3 is 15.5 Å². The van der Waals surface area contributed by atoms with Gasteiger partial charge in [-0.25, -0.2) is 0 Å². The molecule has 0 spiro atoms. The van der Waals surface area contributed by atoms with Crippen LogP contribution in [0.3, 0.4) is 0 Å². The number of allylic oxidation sites excluding steroid dienone is 2. The molecule has 4 heteroatoms. The van der Waals surface area contributed by atoms with E-state index in [0.29, 0.717) is 12.8 Å². The topological polar surface area (TPSA) is 69.6 Å². The summed E-state index contributed by atoms with van der Waals surface area (Å²) in [5.41, 5.74) is 0. The minimum Gasteiger partial charge on any atom is -0.394 e. The minimum absolute atomic E-state index is 0.0464. The monoisotopic (exact) mass is 481 g/mol. The maximum Gasteiger partial charge on any atom is 0.220 e. The van der Waals surface area contributed by atoms with Crippen LogP contribution in [0.15, 0.2) is 12.2 Å². The largest absolute Gasteiger partial charge is 0.394 e. The van der Waals surface area contributed by atoms with Gasteiger partial charge in [0.05, 0.1) is 18.8 Å². The van der Waals surface area contributed by atoms with E-state index in [2.05, 4.69) is 31.3 Å². The lowest BCUT2D eigenvalue weighted by Gasteiger charge is -2.22. The first-order valence-electron chi connectivity index (χ1n) is 14.9. The molecule has 0 bridgehead atoms. The second-order valence-electron chi connectivity index (χ2n) is 10.2. The minimum atomic E-state index is -0.652. The lowest BCUT2D eigenvalue weighted by Crippen LogP contribution is -2.45. The number of carbonyl (C=O) groups is 1. The first-order chi connectivity index (χ1) is 16.7. The van der Waals surface area contributed by atoms with Gasteiger partial charge in [0.25, 0.3) is 0 Å². The van der Waals surface area contributed by atoms with Gasteiger partial charge in [0, 0.05) is 6.42 Å². The first kappa shape index (κ1) is 33.1. The normalized spacial score (nSPS) is 13.4. The highest BCUT2D eigenvalue weighted by Crippen LogP contribution is 2.12. The molecule has 202 valence electrons. The van der Waals surface area contributed by atoms with Crippen molar-refractivity contribution >= 4 is 5.91 Å². The Hall–Kier alpha value is -0.870. The van der Waals surface area contributed by atoms with Gasteiger partial charge in [-0.3, -0.25) is 4.79 Å². The number of hydrogen-bond acceptors (Lipinski definition) is 3. The molecule has 0 saturated carbocycles. The molecule has 2 unspecified atom stereocenters. The number of carbonyl (C=O) groups excluding carboxylic acids is 1. The van der Waals surface area contributed by atoms with Crippen molar-refractivity contribution in [3.8, 4) is 0 Å². The second-order valence-corrected chi connectivity index (χ2v) is 10.2. The standard InChI is InChI=1S/C30H59NO3/c1-3-5-7-9-10-11-12-13-14-15-16-17-18-19-20-21-22-24-26-30(34)31-28(27-32)29(33)25-23-8-6-4-2/h14-15,28-29,32-33H,3-13,16-27H2,1-2H3,(H,31,34)/b15-14-. The van der Waals surface area contributed by atoms with Crippen LogP contribution in [-0.2, 0) is 4.79 Å². The molecule has 0 aromatic carbocycles. The van der Waals surface area contributed by atoms with E-state index < -0.39 is 12.1 Å². The van der Waals surface area contributed by atoms with Crippen molar-refractivity contribution in [2.24, 2.45) is 0 Å². The molecule has 3 N–H and O–H groups in total. The third-order valence-electron chi connectivity index (χ3n) is 6.78. The lowest BCUT2D eigenvalue weighted by molar-refractivity contribution is -0.123. The van der Waals surface area contributed by atoms with E-state index in [9.17, 15) is 15.0 Å². The van der Waals surface area contributed by atoms with Crippen LogP contribution >= 0.6 is 0 Å². The molecule has 0 aliphatic carbocycles. The summed E-state index contributed by atoms with van der Waals surface area (Å²) in [5.74, 6) is -0.0464. The van der Waals surface area contributed by atoms with Gasteiger partial charge in [0.15, 0.2) is 0 Å². The number of aliphatic hydroxyl groups is 2. The Morgan fingerprint density at radius 3 is 1.62 bits per heavy atom. The second kappa shape index (κ2) is 26.7. The summed E-state index contributed by atoms with van der Waals surface area (Å²) in [6.07, 6.45) is 30.0. The Bertz CT molecular complexity index is 452. The van der Waals surface area contributed by atoms with Gasteiger partial charge in [0.2, 0.25) is 5.91 Å². The Balaban J connectivity index is 3.49. The van der Waals surface area contributed by atoms with Gasteiger partial charge in [0.1, 0.15) is 0 Å². The molecule has 0 saturated heterocycles. The fourth-order valence-corrected chi connectivity index (χ4v) is 4.41. The molecule has 4 nitrogen and oxygen atoms in total. The number of aliphatic hydroxyl groups excluding tert-OH is 2. The third kappa shape index (κ3) is 22.9. The summed E-state index contributed by atoms with van der Waals surface area (Å²) in [6, 6.07) is -0.529. The molecule has 0 radical (unpaired) electrons. The Morgan fingerprint density at radius 2 is 1.12 bits per heavy atom. The summed E-state index contributed by atoms with van der Waals surface area (Å²) in [5, 5.41) is 22.5. The lowest BCUT2D eigenvalue weighted by atomic mass is 10.0. The van der Waals surface area contributed by atoms with Crippen molar-refractivity contribution in [1.82, 2.24) is 5.32 Å². The van der Waals surface area contributed by atoms with Gasteiger partial charge in [-0.2, -0.15) is 0 Å². The molecule has 34 heavy (non-hydrogen) atoms. The zero-order valence-corrected chi connectivity index (χ0v) is 22.9. The average Bonchev–Trinajstić information content (AvgIpc) is 2.84. The zero-order chi connectivity index (χ0) is 25.1. The van der Waals surface area contributed by atoms with Crippen LogP contribution in [-0.4, -0.2) is 34.9 Å².